The number of aromatic hydroxyl groups is 2. The first kappa shape index (κ1) is 27.1. The van der Waals surface area contributed by atoms with Gasteiger partial charge in [-0.15, -0.1) is 0 Å². The second kappa shape index (κ2) is 9.25. The zero-order valence-electron chi connectivity index (χ0n) is 25.3. The molecular formula is C35H34N2O7. The van der Waals surface area contributed by atoms with Crippen LogP contribution in [-0.2, 0) is 9.53 Å². The summed E-state index contributed by atoms with van der Waals surface area (Å²) in [6.45, 7) is 3.44. The number of nitrogens with one attached hydrogen (secondary N) is 2. The molecule has 1 saturated carbocycles. The van der Waals surface area contributed by atoms with Gasteiger partial charge in [0.05, 0.1) is 38.9 Å². The molecule has 9 heteroatoms. The summed E-state index contributed by atoms with van der Waals surface area (Å²) in [5.41, 5.74) is 5.21. The molecule has 4 N–H and O–H groups in total. The predicted octanol–water partition coefficient (Wildman–Crippen LogP) is 5.41. The fourth-order valence-electron chi connectivity index (χ4n) is 8.66. The number of piperazine rings is 1. The highest BCUT2D eigenvalue weighted by Gasteiger charge is 2.47. The number of ether oxygens (including phenoxy) is 3. The van der Waals surface area contributed by atoms with E-state index in [4.69, 9.17) is 14.2 Å². The van der Waals surface area contributed by atoms with E-state index in [-0.39, 0.29) is 46.7 Å². The average molecular weight is 595 g/mol. The van der Waals surface area contributed by atoms with E-state index in [0.29, 0.717) is 44.4 Å². The lowest BCUT2D eigenvalue weighted by molar-refractivity contribution is -0.118. The molecule has 3 aromatic carbocycles. The van der Waals surface area contributed by atoms with Crippen LogP contribution in [0.4, 0.5) is 0 Å². The van der Waals surface area contributed by atoms with E-state index in [2.05, 4.69) is 10.6 Å². The van der Waals surface area contributed by atoms with Gasteiger partial charge in [-0.05, 0) is 32.3 Å². The second-order valence-corrected chi connectivity index (χ2v) is 12.5. The van der Waals surface area contributed by atoms with Crippen LogP contribution in [0.3, 0.4) is 0 Å². The van der Waals surface area contributed by atoms with Gasteiger partial charge in [-0.25, -0.2) is 0 Å². The largest absolute Gasteiger partial charge is 0.507 e. The van der Waals surface area contributed by atoms with Crippen LogP contribution in [0.15, 0.2) is 35.2 Å². The molecule has 44 heavy (non-hydrogen) atoms. The second-order valence-electron chi connectivity index (χ2n) is 12.5. The van der Waals surface area contributed by atoms with Gasteiger partial charge in [0.15, 0.2) is 5.76 Å². The van der Waals surface area contributed by atoms with Gasteiger partial charge in [0.25, 0.3) is 0 Å². The van der Waals surface area contributed by atoms with Crippen LogP contribution in [0.2, 0.25) is 0 Å². The molecule has 0 bridgehead atoms. The van der Waals surface area contributed by atoms with Gasteiger partial charge < -0.3 is 35.1 Å². The van der Waals surface area contributed by atoms with Crippen LogP contribution in [0.25, 0.3) is 32.7 Å². The number of hydrogen-bond donors (Lipinski definition) is 4. The number of carbonyl (C=O) groups is 2. The van der Waals surface area contributed by atoms with Crippen molar-refractivity contribution < 1.29 is 34.0 Å². The summed E-state index contributed by atoms with van der Waals surface area (Å²) in [7, 11) is 4.48. The zero-order chi connectivity index (χ0) is 30.8. The lowest BCUT2D eigenvalue weighted by Crippen LogP contribution is -2.57. The summed E-state index contributed by atoms with van der Waals surface area (Å²) in [5.74, 6) is -0.800. The lowest BCUT2D eigenvalue weighted by atomic mass is 9.71. The van der Waals surface area contributed by atoms with Crippen molar-refractivity contribution in [3.05, 3.63) is 57.5 Å². The third-order valence-corrected chi connectivity index (χ3v) is 10.3. The highest BCUT2D eigenvalue weighted by atomic mass is 16.5. The number of carbonyl (C=O) groups excluding carboxylic acids is 2. The van der Waals surface area contributed by atoms with Gasteiger partial charge in [-0.1, -0.05) is 24.5 Å². The highest BCUT2D eigenvalue weighted by Crippen LogP contribution is 2.60. The molecule has 0 aromatic heterocycles. The van der Waals surface area contributed by atoms with Gasteiger partial charge in [0.2, 0.25) is 5.78 Å². The summed E-state index contributed by atoms with van der Waals surface area (Å²) >= 11 is 0. The Morgan fingerprint density at radius 3 is 2.18 bits per heavy atom. The van der Waals surface area contributed by atoms with Gasteiger partial charge in [-0.3, -0.25) is 9.59 Å². The number of fused-ring (bicyclic) bond motifs is 4. The minimum atomic E-state index is -0.772. The molecule has 0 radical (unpaired) electrons. The Morgan fingerprint density at radius 1 is 0.864 bits per heavy atom. The van der Waals surface area contributed by atoms with Gasteiger partial charge in [0.1, 0.15) is 28.8 Å². The van der Waals surface area contributed by atoms with Crippen LogP contribution in [0.1, 0.15) is 72.6 Å². The number of Topliss-reactive ketones (excluding diaryl/α,β-unsaturated/α-hetero) is 2. The zero-order valence-corrected chi connectivity index (χ0v) is 25.3. The molecule has 1 heterocycles. The number of ketones is 2. The third kappa shape index (κ3) is 3.22. The van der Waals surface area contributed by atoms with Crippen LogP contribution in [-0.4, -0.2) is 55.2 Å². The molecule has 0 amide bonds. The molecule has 4 atom stereocenters. The molecule has 3 aromatic rings. The Morgan fingerprint density at radius 2 is 1.52 bits per heavy atom. The number of allylic oxidation sites excluding steroid dienone is 5. The molecule has 5 aliphatic rings. The van der Waals surface area contributed by atoms with E-state index < -0.39 is 11.7 Å². The monoisotopic (exact) mass is 594 g/mol. The van der Waals surface area contributed by atoms with E-state index >= 15 is 0 Å². The van der Waals surface area contributed by atoms with Crippen molar-refractivity contribution in [2.24, 2.45) is 5.92 Å². The van der Waals surface area contributed by atoms with Crippen molar-refractivity contribution in [1.29, 1.82) is 0 Å². The minimum Gasteiger partial charge on any atom is -0.507 e. The first-order valence-electron chi connectivity index (χ1n) is 15.1. The Hall–Kier alpha value is -4.50. The molecule has 2 fully saturated rings. The molecular weight excluding hydrogens is 560 g/mol. The molecule has 1 saturated heterocycles. The summed E-state index contributed by atoms with van der Waals surface area (Å²) in [4.78, 5) is 27.8. The Kier molecular flexibility index (Phi) is 5.69. The average Bonchev–Trinajstić information content (AvgIpc) is 3.14. The third-order valence-electron chi connectivity index (χ3n) is 10.3. The number of phenols is 2. The van der Waals surface area contributed by atoms with Crippen LogP contribution in [0.5, 0.6) is 23.0 Å². The van der Waals surface area contributed by atoms with Gasteiger partial charge in [0, 0.05) is 73.7 Å². The first-order valence-corrected chi connectivity index (χ1v) is 15.1. The fraction of sp³-hybridized carbons (Fsp3) is 0.371. The molecule has 226 valence electrons. The fourth-order valence-corrected chi connectivity index (χ4v) is 8.66. The van der Waals surface area contributed by atoms with E-state index in [1.807, 2.05) is 13.0 Å². The van der Waals surface area contributed by atoms with Crippen molar-refractivity contribution in [3.8, 4) is 23.0 Å². The molecule has 1 aliphatic heterocycles. The topological polar surface area (TPSA) is 126 Å². The van der Waals surface area contributed by atoms with Crippen LogP contribution < -0.4 is 20.1 Å². The van der Waals surface area contributed by atoms with Gasteiger partial charge in [-0.2, -0.15) is 0 Å². The number of rotatable bonds is 4. The van der Waals surface area contributed by atoms with Crippen molar-refractivity contribution in [2.75, 3.05) is 21.3 Å². The summed E-state index contributed by atoms with van der Waals surface area (Å²) in [6.07, 6.45) is 6.35. The molecule has 8 rings (SSSR count). The molecule has 4 aliphatic carbocycles. The maximum Gasteiger partial charge on any atom is 0.232 e. The normalized spacial score (nSPS) is 24.9. The highest BCUT2D eigenvalue weighted by molar-refractivity contribution is 6.34. The maximum absolute atomic E-state index is 14.2. The maximum atomic E-state index is 14.2. The van der Waals surface area contributed by atoms with E-state index in [1.54, 1.807) is 13.2 Å². The Labute approximate surface area is 254 Å². The molecule has 0 spiro atoms. The van der Waals surface area contributed by atoms with Gasteiger partial charge >= 0.3 is 0 Å². The van der Waals surface area contributed by atoms with E-state index in [9.17, 15) is 19.8 Å². The van der Waals surface area contributed by atoms with Crippen molar-refractivity contribution in [3.63, 3.8) is 0 Å². The molecule has 2 unspecified atom stereocenters. The lowest BCUT2D eigenvalue weighted by Gasteiger charge is -2.46. The summed E-state index contributed by atoms with van der Waals surface area (Å²) in [6, 6.07) is 3.14. The van der Waals surface area contributed by atoms with Crippen LogP contribution >= 0.6 is 0 Å². The number of hydrogen-bond acceptors (Lipinski definition) is 9. The predicted molar refractivity (Wildman–Crippen MR) is 166 cm³/mol. The minimum absolute atomic E-state index is 0.0203. The van der Waals surface area contributed by atoms with Crippen molar-refractivity contribution in [2.45, 2.75) is 57.7 Å². The number of methoxy groups -OCH3 is 3. The smallest absolute Gasteiger partial charge is 0.232 e. The first-order chi connectivity index (χ1) is 21.2. The van der Waals surface area contributed by atoms with Crippen molar-refractivity contribution >= 4 is 44.3 Å². The standard InChI is InChI=1S/C35H34N2O7/c1-13-10-15-23-28-24(33-32(15)36-16-8-6-7-9-17(16)37-33)18(39)11-20(42-3)26(28)27-21(43-4)12-19(40)25-30(27)29(23)31(22(13)14(2)38)35(44-5)34(25)41/h10-12,16-17,22,33,36-37,39-40H,6-9H2,1-5H3/t16-,17+,22?,33?/m0/s1. The van der Waals surface area contributed by atoms with E-state index in [1.165, 1.54) is 27.2 Å². The summed E-state index contributed by atoms with van der Waals surface area (Å²) < 4.78 is 17.6. The van der Waals surface area contributed by atoms with Crippen molar-refractivity contribution in [1.82, 2.24) is 10.6 Å². The Balaban J connectivity index is 1.68. The van der Waals surface area contributed by atoms with Crippen LogP contribution in [0, 0.1) is 5.92 Å². The van der Waals surface area contributed by atoms with E-state index in [0.717, 1.165) is 53.5 Å². The molecule has 9 nitrogen and oxygen atoms in total. The summed E-state index contributed by atoms with van der Waals surface area (Å²) in [5, 5.41) is 33.3. The Bertz CT molecular complexity index is 1980. The quantitative estimate of drug-likeness (QED) is 0.293. The number of phenolic OH excluding ortho intramolecular Hbond substituents is 2. The number of benzene rings is 3. The SMILES string of the molecule is COC1=C2c3c4c5c(c(O)cc(OC)c5c5c(OC)cc(O)c(c35)C1=O)C1N[C@@H]3CCCC[C@@H]3NC1=C4C=C(C)C2C(C)=O.